The maximum absolute atomic E-state index is 5.63. The second-order valence-corrected chi connectivity index (χ2v) is 4.54. The molecule has 84 valence electrons. The zero-order valence-electron chi connectivity index (χ0n) is 9.52. The number of aromatic nitrogens is 2. The van der Waals surface area contributed by atoms with Gasteiger partial charge in [-0.05, 0) is 31.4 Å². The molecule has 16 heavy (non-hydrogen) atoms. The van der Waals surface area contributed by atoms with E-state index in [2.05, 4.69) is 40.8 Å². The Kier molecular flexibility index (Phi) is 2.40. The van der Waals surface area contributed by atoms with Crippen LogP contribution >= 0.6 is 0 Å². The molecule has 3 heterocycles. The molecule has 0 bridgehead atoms. The molecule has 1 saturated heterocycles. The number of aryl methyl sites for hydroxylation is 1. The van der Waals surface area contributed by atoms with Gasteiger partial charge in [-0.15, -0.1) is 0 Å². The molecule has 1 atom stereocenters. The summed E-state index contributed by atoms with van der Waals surface area (Å²) in [6.45, 7) is 3.01. The summed E-state index contributed by atoms with van der Waals surface area (Å²) < 4.78 is 7.72. The number of nitrogens with zero attached hydrogens (tertiary/aromatic N) is 2. The molecular weight excluding hydrogens is 200 g/mol. The minimum absolute atomic E-state index is 0.381. The summed E-state index contributed by atoms with van der Waals surface area (Å²) in [5, 5.41) is 0. The maximum Gasteiger partial charge on any atom is 0.136 e. The second-order valence-electron chi connectivity index (χ2n) is 4.54. The SMILES string of the molecule is Cc1ccc2nc(CC3CCCO3)cn2c1. The van der Waals surface area contributed by atoms with Crippen molar-refractivity contribution in [1.29, 1.82) is 0 Å². The fourth-order valence-corrected chi connectivity index (χ4v) is 2.29. The molecule has 1 fully saturated rings. The Balaban J connectivity index is 1.86. The number of ether oxygens (including phenoxy) is 1. The Labute approximate surface area is 95.1 Å². The van der Waals surface area contributed by atoms with Crippen LogP contribution in [0.25, 0.3) is 5.65 Å². The van der Waals surface area contributed by atoms with Crippen LogP contribution < -0.4 is 0 Å². The third kappa shape index (κ3) is 1.83. The summed E-state index contributed by atoms with van der Waals surface area (Å²) in [5.74, 6) is 0. The lowest BCUT2D eigenvalue weighted by Crippen LogP contribution is -2.08. The van der Waals surface area contributed by atoms with Crippen LogP contribution in [0.1, 0.15) is 24.1 Å². The summed E-state index contributed by atoms with van der Waals surface area (Å²) >= 11 is 0. The van der Waals surface area contributed by atoms with Crippen LogP contribution in [0.15, 0.2) is 24.5 Å². The van der Waals surface area contributed by atoms with E-state index in [0.717, 1.165) is 24.4 Å². The molecule has 1 unspecified atom stereocenters. The van der Waals surface area contributed by atoms with Crippen molar-refractivity contribution in [1.82, 2.24) is 9.38 Å². The molecule has 1 aliphatic heterocycles. The zero-order valence-corrected chi connectivity index (χ0v) is 9.52. The van der Waals surface area contributed by atoms with E-state index in [0.29, 0.717) is 6.10 Å². The summed E-state index contributed by atoms with van der Waals surface area (Å²) in [4.78, 5) is 4.60. The molecule has 0 amide bonds. The first-order chi connectivity index (χ1) is 7.81. The molecule has 0 aromatic carbocycles. The van der Waals surface area contributed by atoms with Gasteiger partial charge in [-0.2, -0.15) is 0 Å². The second kappa shape index (κ2) is 3.91. The highest BCUT2D eigenvalue weighted by Gasteiger charge is 2.17. The van der Waals surface area contributed by atoms with Crippen molar-refractivity contribution in [2.75, 3.05) is 6.61 Å². The highest BCUT2D eigenvalue weighted by atomic mass is 16.5. The van der Waals surface area contributed by atoms with E-state index in [9.17, 15) is 0 Å². The van der Waals surface area contributed by atoms with E-state index < -0.39 is 0 Å². The molecule has 2 aromatic rings. The van der Waals surface area contributed by atoms with Gasteiger partial charge in [-0.3, -0.25) is 0 Å². The molecule has 0 spiro atoms. The average molecular weight is 216 g/mol. The zero-order chi connectivity index (χ0) is 11.0. The Morgan fingerprint density at radius 1 is 1.44 bits per heavy atom. The van der Waals surface area contributed by atoms with Crippen molar-refractivity contribution < 1.29 is 4.74 Å². The Morgan fingerprint density at radius 3 is 3.19 bits per heavy atom. The third-order valence-electron chi connectivity index (χ3n) is 3.11. The van der Waals surface area contributed by atoms with Crippen LogP contribution in [0.5, 0.6) is 0 Å². The molecule has 2 aromatic heterocycles. The number of pyridine rings is 1. The molecule has 0 N–H and O–H groups in total. The van der Waals surface area contributed by atoms with Gasteiger partial charge in [0.1, 0.15) is 5.65 Å². The van der Waals surface area contributed by atoms with Gasteiger partial charge >= 0.3 is 0 Å². The van der Waals surface area contributed by atoms with E-state index in [1.165, 1.54) is 18.4 Å². The Hall–Kier alpha value is -1.35. The van der Waals surface area contributed by atoms with Gasteiger partial charge < -0.3 is 9.14 Å². The monoisotopic (exact) mass is 216 g/mol. The van der Waals surface area contributed by atoms with E-state index in [1.54, 1.807) is 0 Å². The first kappa shape index (κ1) is 9.85. The number of hydrogen-bond acceptors (Lipinski definition) is 2. The summed E-state index contributed by atoms with van der Waals surface area (Å²) in [6.07, 6.45) is 7.92. The first-order valence-corrected chi connectivity index (χ1v) is 5.87. The van der Waals surface area contributed by atoms with Crippen molar-refractivity contribution in [3.8, 4) is 0 Å². The van der Waals surface area contributed by atoms with Crippen molar-refractivity contribution in [3.05, 3.63) is 35.8 Å². The van der Waals surface area contributed by atoms with Crippen molar-refractivity contribution in [2.24, 2.45) is 0 Å². The van der Waals surface area contributed by atoms with E-state index >= 15 is 0 Å². The van der Waals surface area contributed by atoms with Gasteiger partial charge in [-0.1, -0.05) is 6.07 Å². The Morgan fingerprint density at radius 2 is 2.38 bits per heavy atom. The smallest absolute Gasteiger partial charge is 0.136 e. The predicted molar refractivity (Wildman–Crippen MR) is 62.6 cm³/mol. The molecule has 0 saturated carbocycles. The first-order valence-electron chi connectivity index (χ1n) is 5.87. The molecule has 3 rings (SSSR count). The Bertz CT molecular complexity index is 498. The summed E-state index contributed by atoms with van der Waals surface area (Å²) in [6, 6.07) is 4.16. The van der Waals surface area contributed by atoms with Gasteiger partial charge in [0.15, 0.2) is 0 Å². The lowest BCUT2D eigenvalue weighted by atomic mass is 10.1. The normalized spacial score (nSPS) is 20.7. The number of imidazole rings is 1. The van der Waals surface area contributed by atoms with E-state index in [-0.39, 0.29) is 0 Å². The van der Waals surface area contributed by atoms with Crippen LogP contribution in [-0.2, 0) is 11.2 Å². The minimum Gasteiger partial charge on any atom is -0.378 e. The summed E-state index contributed by atoms with van der Waals surface area (Å²) in [7, 11) is 0. The van der Waals surface area contributed by atoms with Crippen LogP contribution in [0, 0.1) is 6.92 Å². The number of fused-ring (bicyclic) bond motifs is 1. The predicted octanol–water partition coefficient (Wildman–Crippen LogP) is 2.36. The topological polar surface area (TPSA) is 26.5 Å². The van der Waals surface area contributed by atoms with Gasteiger partial charge in [-0.25, -0.2) is 4.98 Å². The third-order valence-corrected chi connectivity index (χ3v) is 3.11. The molecular formula is C13H16N2O. The maximum atomic E-state index is 5.63. The summed E-state index contributed by atoms with van der Waals surface area (Å²) in [5.41, 5.74) is 3.42. The quantitative estimate of drug-likeness (QED) is 0.770. The van der Waals surface area contributed by atoms with Gasteiger partial charge in [0.2, 0.25) is 0 Å². The van der Waals surface area contributed by atoms with Crippen molar-refractivity contribution in [3.63, 3.8) is 0 Å². The molecule has 3 heteroatoms. The van der Waals surface area contributed by atoms with Crippen LogP contribution in [-0.4, -0.2) is 22.1 Å². The number of rotatable bonds is 2. The minimum atomic E-state index is 0.381. The van der Waals surface area contributed by atoms with Crippen molar-refractivity contribution in [2.45, 2.75) is 32.3 Å². The van der Waals surface area contributed by atoms with E-state index in [4.69, 9.17) is 4.74 Å². The highest BCUT2D eigenvalue weighted by Crippen LogP contribution is 2.17. The van der Waals surface area contributed by atoms with Crippen LogP contribution in [0.2, 0.25) is 0 Å². The fraction of sp³-hybridized carbons (Fsp3) is 0.462. The molecule has 3 nitrogen and oxygen atoms in total. The van der Waals surface area contributed by atoms with E-state index in [1.807, 2.05) is 0 Å². The van der Waals surface area contributed by atoms with Gasteiger partial charge in [0, 0.05) is 25.4 Å². The molecule has 0 radical (unpaired) electrons. The van der Waals surface area contributed by atoms with Crippen LogP contribution in [0.3, 0.4) is 0 Å². The number of hydrogen-bond donors (Lipinski definition) is 0. The molecule has 1 aliphatic rings. The van der Waals surface area contributed by atoms with Gasteiger partial charge in [0.25, 0.3) is 0 Å². The lowest BCUT2D eigenvalue weighted by Gasteiger charge is -2.05. The standard InChI is InChI=1S/C13H16N2O/c1-10-4-5-13-14-11(9-15(13)8-10)7-12-3-2-6-16-12/h4-5,8-9,12H,2-3,6-7H2,1H3. The highest BCUT2D eigenvalue weighted by molar-refractivity contribution is 5.41. The lowest BCUT2D eigenvalue weighted by molar-refractivity contribution is 0.111. The van der Waals surface area contributed by atoms with Gasteiger partial charge in [0.05, 0.1) is 11.8 Å². The fourth-order valence-electron chi connectivity index (χ4n) is 2.29. The largest absolute Gasteiger partial charge is 0.378 e. The molecule has 0 aliphatic carbocycles. The van der Waals surface area contributed by atoms with Crippen molar-refractivity contribution >= 4 is 5.65 Å². The average Bonchev–Trinajstić information content (AvgIpc) is 2.86. The van der Waals surface area contributed by atoms with Crippen LogP contribution in [0.4, 0.5) is 0 Å².